The van der Waals surface area contributed by atoms with Crippen LogP contribution in [0.3, 0.4) is 0 Å². The van der Waals surface area contributed by atoms with E-state index in [2.05, 4.69) is 0 Å². The van der Waals surface area contributed by atoms with Crippen molar-refractivity contribution in [2.75, 3.05) is 6.61 Å². The number of halogens is 1. The van der Waals surface area contributed by atoms with Crippen molar-refractivity contribution in [1.29, 1.82) is 0 Å². The molecule has 0 heterocycles. The molecule has 0 aromatic heterocycles. The van der Waals surface area contributed by atoms with Crippen molar-refractivity contribution in [2.24, 2.45) is 0 Å². The molecule has 2 rings (SSSR count). The van der Waals surface area contributed by atoms with E-state index in [0.29, 0.717) is 5.75 Å². The number of phenols is 1. The zero-order chi connectivity index (χ0) is 16.1. The summed E-state index contributed by atoms with van der Waals surface area (Å²) in [6.07, 6.45) is 0. The lowest BCUT2D eigenvalue weighted by atomic mass is 10.1. The smallest absolute Gasteiger partial charge is 0.308 e. The summed E-state index contributed by atoms with van der Waals surface area (Å²) in [5.74, 6) is -1.23. The fraction of sp³-hybridized carbons (Fsp3) is 0.125. The summed E-state index contributed by atoms with van der Waals surface area (Å²) in [4.78, 5) is 22.8. The van der Waals surface area contributed by atoms with Gasteiger partial charge in [0.2, 0.25) is 5.78 Å². The van der Waals surface area contributed by atoms with E-state index in [9.17, 15) is 19.1 Å². The Morgan fingerprint density at radius 2 is 1.73 bits per heavy atom. The van der Waals surface area contributed by atoms with E-state index in [-0.39, 0.29) is 23.7 Å². The molecular weight excluding hydrogens is 291 g/mol. The predicted molar refractivity (Wildman–Crippen MR) is 75.6 cm³/mol. The molecule has 6 heteroatoms. The van der Waals surface area contributed by atoms with Crippen LogP contribution in [0.2, 0.25) is 0 Å². The molecule has 0 unspecified atom stereocenters. The Morgan fingerprint density at radius 1 is 1.09 bits per heavy atom. The first-order valence-corrected chi connectivity index (χ1v) is 6.38. The second-order valence-corrected chi connectivity index (χ2v) is 4.44. The van der Waals surface area contributed by atoms with Crippen LogP contribution in [0.15, 0.2) is 42.5 Å². The highest BCUT2D eigenvalue weighted by molar-refractivity contribution is 5.99. The number of benzene rings is 2. The molecule has 0 atom stereocenters. The molecular formula is C16H13FO5. The molecule has 0 aliphatic heterocycles. The van der Waals surface area contributed by atoms with E-state index in [0.717, 1.165) is 0 Å². The van der Waals surface area contributed by atoms with Crippen LogP contribution < -0.4 is 9.47 Å². The molecule has 0 radical (unpaired) electrons. The molecule has 0 amide bonds. The van der Waals surface area contributed by atoms with Crippen LogP contribution in [0.5, 0.6) is 17.2 Å². The van der Waals surface area contributed by atoms with Crippen LogP contribution >= 0.6 is 0 Å². The summed E-state index contributed by atoms with van der Waals surface area (Å²) in [6.45, 7) is 0.915. The van der Waals surface area contributed by atoms with Crippen molar-refractivity contribution >= 4 is 11.8 Å². The van der Waals surface area contributed by atoms with Gasteiger partial charge in [-0.15, -0.1) is 0 Å². The molecule has 0 spiro atoms. The van der Waals surface area contributed by atoms with Crippen LogP contribution in [0, 0.1) is 5.82 Å². The number of carbonyl (C=O) groups is 2. The quantitative estimate of drug-likeness (QED) is 0.522. The molecule has 22 heavy (non-hydrogen) atoms. The zero-order valence-electron chi connectivity index (χ0n) is 11.7. The van der Waals surface area contributed by atoms with E-state index in [4.69, 9.17) is 9.47 Å². The third-order valence-electron chi connectivity index (χ3n) is 2.71. The van der Waals surface area contributed by atoms with Gasteiger partial charge in [0.15, 0.2) is 6.61 Å². The molecule has 1 N–H and O–H groups in total. The molecule has 0 saturated carbocycles. The predicted octanol–water partition coefficient (Wildman–Crippen LogP) is 2.72. The molecule has 5 nitrogen and oxygen atoms in total. The molecule has 2 aromatic rings. The van der Waals surface area contributed by atoms with E-state index in [1.807, 2.05) is 0 Å². The Kier molecular flexibility index (Phi) is 4.73. The van der Waals surface area contributed by atoms with E-state index < -0.39 is 17.6 Å². The van der Waals surface area contributed by atoms with Gasteiger partial charge in [-0.05, 0) is 36.4 Å². The number of rotatable bonds is 5. The average molecular weight is 304 g/mol. The highest BCUT2D eigenvalue weighted by Gasteiger charge is 2.13. The molecule has 0 bridgehead atoms. The first-order chi connectivity index (χ1) is 10.5. The van der Waals surface area contributed by atoms with E-state index in [1.165, 1.54) is 49.4 Å². The summed E-state index contributed by atoms with van der Waals surface area (Å²) in [6, 6.07) is 9.12. The van der Waals surface area contributed by atoms with Gasteiger partial charge in [-0.25, -0.2) is 4.39 Å². The highest BCUT2D eigenvalue weighted by atomic mass is 19.1. The van der Waals surface area contributed by atoms with Crippen molar-refractivity contribution in [3.8, 4) is 17.2 Å². The van der Waals surface area contributed by atoms with Crippen LogP contribution in [0.25, 0.3) is 0 Å². The third-order valence-corrected chi connectivity index (χ3v) is 2.71. The Balaban J connectivity index is 2.03. The topological polar surface area (TPSA) is 72.8 Å². The maximum Gasteiger partial charge on any atom is 0.308 e. The number of ketones is 1. The molecule has 114 valence electrons. The molecule has 2 aromatic carbocycles. The van der Waals surface area contributed by atoms with Crippen molar-refractivity contribution in [3.05, 3.63) is 53.8 Å². The summed E-state index contributed by atoms with van der Waals surface area (Å²) < 4.78 is 22.7. The average Bonchev–Trinajstić information content (AvgIpc) is 2.46. The van der Waals surface area contributed by atoms with Gasteiger partial charge >= 0.3 is 5.97 Å². The fourth-order valence-corrected chi connectivity index (χ4v) is 1.73. The first kappa shape index (κ1) is 15.5. The summed E-state index contributed by atoms with van der Waals surface area (Å²) in [5, 5.41) is 9.79. The summed E-state index contributed by atoms with van der Waals surface area (Å²) in [5.41, 5.74) is 0.0398. The number of esters is 1. The Labute approximate surface area is 125 Å². The SMILES string of the molecule is CC(=O)Oc1ccc(C(=O)COc2ccc(F)cc2)c(O)c1. The fourth-order valence-electron chi connectivity index (χ4n) is 1.73. The molecule has 0 fully saturated rings. The number of ether oxygens (including phenoxy) is 2. The molecule has 0 aliphatic rings. The van der Waals surface area contributed by atoms with Gasteiger partial charge in [-0.2, -0.15) is 0 Å². The van der Waals surface area contributed by atoms with Gasteiger partial charge in [-0.1, -0.05) is 0 Å². The van der Waals surface area contributed by atoms with Crippen LogP contribution in [-0.2, 0) is 4.79 Å². The normalized spacial score (nSPS) is 10.1. The van der Waals surface area contributed by atoms with Crippen LogP contribution in [0.1, 0.15) is 17.3 Å². The van der Waals surface area contributed by atoms with Gasteiger partial charge in [0.25, 0.3) is 0 Å². The second kappa shape index (κ2) is 6.71. The standard InChI is InChI=1S/C16H13FO5/c1-10(18)22-13-6-7-14(15(19)8-13)16(20)9-21-12-4-2-11(17)3-5-12/h2-8,19H,9H2,1H3. The number of phenolic OH excluding ortho intramolecular Hbond substituents is 1. The molecule has 0 aliphatic carbocycles. The van der Waals surface area contributed by atoms with Gasteiger partial charge in [0, 0.05) is 13.0 Å². The van der Waals surface area contributed by atoms with Crippen molar-refractivity contribution in [2.45, 2.75) is 6.92 Å². The number of carbonyl (C=O) groups excluding carboxylic acids is 2. The number of Topliss-reactive ketones (excluding diaryl/α,β-unsaturated/α-hetero) is 1. The van der Waals surface area contributed by atoms with Crippen molar-refractivity contribution < 1.29 is 28.6 Å². The number of aromatic hydroxyl groups is 1. The minimum Gasteiger partial charge on any atom is -0.507 e. The molecule has 0 saturated heterocycles. The number of hydrogen-bond acceptors (Lipinski definition) is 5. The van der Waals surface area contributed by atoms with Crippen LogP contribution in [-0.4, -0.2) is 23.5 Å². The van der Waals surface area contributed by atoms with E-state index in [1.54, 1.807) is 0 Å². The number of hydrogen-bond donors (Lipinski definition) is 1. The first-order valence-electron chi connectivity index (χ1n) is 6.38. The highest BCUT2D eigenvalue weighted by Crippen LogP contribution is 2.24. The lowest BCUT2D eigenvalue weighted by Crippen LogP contribution is -2.12. The van der Waals surface area contributed by atoms with Gasteiger partial charge in [-0.3, -0.25) is 9.59 Å². The summed E-state index contributed by atoms with van der Waals surface area (Å²) in [7, 11) is 0. The van der Waals surface area contributed by atoms with E-state index >= 15 is 0 Å². The van der Waals surface area contributed by atoms with Gasteiger partial charge < -0.3 is 14.6 Å². The van der Waals surface area contributed by atoms with Gasteiger partial charge in [0.05, 0.1) is 5.56 Å². The monoisotopic (exact) mass is 304 g/mol. The minimum absolute atomic E-state index is 0.0398. The third kappa shape index (κ3) is 4.05. The maximum absolute atomic E-state index is 12.7. The zero-order valence-corrected chi connectivity index (χ0v) is 11.7. The van der Waals surface area contributed by atoms with Crippen molar-refractivity contribution in [1.82, 2.24) is 0 Å². The summed E-state index contributed by atoms with van der Waals surface area (Å²) >= 11 is 0. The Hall–Kier alpha value is -2.89. The van der Waals surface area contributed by atoms with Crippen molar-refractivity contribution in [3.63, 3.8) is 0 Å². The Morgan fingerprint density at radius 3 is 2.32 bits per heavy atom. The van der Waals surface area contributed by atoms with Crippen LogP contribution in [0.4, 0.5) is 4.39 Å². The second-order valence-electron chi connectivity index (χ2n) is 4.44. The van der Waals surface area contributed by atoms with Gasteiger partial charge in [0.1, 0.15) is 23.1 Å². The lowest BCUT2D eigenvalue weighted by molar-refractivity contribution is -0.131. The maximum atomic E-state index is 12.7. The Bertz CT molecular complexity index is 694. The lowest BCUT2D eigenvalue weighted by Gasteiger charge is -2.08. The largest absolute Gasteiger partial charge is 0.507 e. The minimum atomic E-state index is -0.530.